The van der Waals surface area contributed by atoms with Crippen LogP contribution in [-0.4, -0.2) is 33.7 Å². The normalized spacial score (nSPS) is 14.4. The third kappa shape index (κ3) is 4.89. The number of benzene rings is 3. The summed E-state index contributed by atoms with van der Waals surface area (Å²) in [6, 6.07) is 27.3. The Morgan fingerprint density at radius 1 is 0.882 bits per heavy atom. The molecule has 1 saturated heterocycles. The minimum Gasteiger partial charge on any atom is -0.337 e. The number of halogens is 2. The second-order valence-corrected chi connectivity index (χ2v) is 9.55. The van der Waals surface area contributed by atoms with Crippen molar-refractivity contribution in [3.05, 3.63) is 106 Å². The van der Waals surface area contributed by atoms with E-state index in [9.17, 15) is 4.79 Å². The standard InChI is InChI=1S/C28H25Cl2N3O/c29-22-10-12-23(13-11-22)33-27(19-26(31-33)24-8-4-5-9-25(24)30)28(34)32-16-14-21(15-17-32)18-20-6-2-1-3-7-20/h1-13,19,21H,14-18H2. The number of piperidine rings is 1. The van der Waals surface area contributed by atoms with Crippen LogP contribution in [0.1, 0.15) is 28.9 Å². The lowest BCUT2D eigenvalue weighted by Crippen LogP contribution is -2.39. The van der Waals surface area contributed by atoms with Crippen molar-refractivity contribution >= 4 is 29.1 Å². The van der Waals surface area contributed by atoms with Gasteiger partial charge in [0.2, 0.25) is 0 Å². The fourth-order valence-electron chi connectivity index (χ4n) is 4.56. The first kappa shape index (κ1) is 22.7. The summed E-state index contributed by atoms with van der Waals surface area (Å²) in [7, 11) is 0. The molecule has 34 heavy (non-hydrogen) atoms. The summed E-state index contributed by atoms with van der Waals surface area (Å²) in [5, 5.41) is 6.01. The van der Waals surface area contributed by atoms with E-state index in [0.29, 0.717) is 27.4 Å². The molecule has 4 aromatic rings. The second kappa shape index (κ2) is 10.0. The lowest BCUT2D eigenvalue weighted by Gasteiger charge is -2.32. The average Bonchev–Trinajstić information content (AvgIpc) is 3.31. The van der Waals surface area contributed by atoms with Gasteiger partial charge in [-0.2, -0.15) is 5.10 Å². The Hall–Kier alpha value is -3.08. The molecule has 0 N–H and O–H groups in total. The van der Waals surface area contributed by atoms with E-state index in [2.05, 4.69) is 24.3 Å². The Kier molecular flexibility index (Phi) is 6.70. The van der Waals surface area contributed by atoms with Crippen molar-refractivity contribution in [3.63, 3.8) is 0 Å². The fraction of sp³-hybridized carbons (Fsp3) is 0.214. The van der Waals surface area contributed by atoms with Crippen molar-refractivity contribution < 1.29 is 4.79 Å². The van der Waals surface area contributed by atoms with E-state index in [0.717, 1.165) is 43.6 Å². The molecule has 4 nitrogen and oxygen atoms in total. The number of nitrogens with zero attached hydrogens (tertiary/aromatic N) is 3. The SMILES string of the molecule is O=C(c1cc(-c2ccccc2Cl)nn1-c1ccc(Cl)cc1)N1CCC(Cc2ccccc2)CC1. The molecule has 2 heterocycles. The first-order valence-electron chi connectivity index (χ1n) is 11.5. The number of carbonyl (C=O) groups excluding carboxylic acids is 1. The molecule has 0 spiro atoms. The molecule has 6 heteroatoms. The first-order valence-corrected chi connectivity index (χ1v) is 12.3. The molecule has 5 rings (SSSR count). The van der Waals surface area contributed by atoms with Crippen LogP contribution in [0.4, 0.5) is 0 Å². The summed E-state index contributed by atoms with van der Waals surface area (Å²) >= 11 is 12.5. The van der Waals surface area contributed by atoms with Gasteiger partial charge in [0.1, 0.15) is 5.69 Å². The quantitative estimate of drug-likeness (QED) is 0.304. The highest BCUT2D eigenvalue weighted by atomic mass is 35.5. The number of carbonyl (C=O) groups is 1. The molecular formula is C28H25Cl2N3O. The molecule has 0 atom stereocenters. The van der Waals surface area contributed by atoms with Crippen molar-refractivity contribution in [2.75, 3.05) is 13.1 Å². The van der Waals surface area contributed by atoms with E-state index in [1.165, 1.54) is 5.56 Å². The van der Waals surface area contributed by atoms with Crippen LogP contribution in [0.5, 0.6) is 0 Å². The van der Waals surface area contributed by atoms with E-state index in [1.807, 2.05) is 53.4 Å². The van der Waals surface area contributed by atoms with E-state index in [-0.39, 0.29) is 5.91 Å². The Morgan fingerprint density at radius 2 is 1.56 bits per heavy atom. The van der Waals surface area contributed by atoms with Crippen LogP contribution in [0.15, 0.2) is 84.9 Å². The van der Waals surface area contributed by atoms with Crippen LogP contribution in [0.2, 0.25) is 10.0 Å². The highest BCUT2D eigenvalue weighted by molar-refractivity contribution is 6.33. The molecule has 0 aliphatic carbocycles. The van der Waals surface area contributed by atoms with Gasteiger partial charge in [-0.15, -0.1) is 0 Å². The molecule has 1 fully saturated rings. The average molecular weight is 490 g/mol. The van der Waals surface area contributed by atoms with Crippen molar-refractivity contribution in [1.29, 1.82) is 0 Å². The lowest BCUT2D eigenvalue weighted by molar-refractivity contribution is 0.0681. The Labute approximate surface area is 209 Å². The van der Waals surface area contributed by atoms with Crippen molar-refractivity contribution in [1.82, 2.24) is 14.7 Å². The zero-order valence-corrected chi connectivity index (χ0v) is 20.2. The number of rotatable bonds is 5. The van der Waals surface area contributed by atoms with E-state index in [4.69, 9.17) is 28.3 Å². The topological polar surface area (TPSA) is 38.1 Å². The van der Waals surface area contributed by atoms with Crippen LogP contribution in [0, 0.1) is 5.92 Å². The maximum absolute atomic E-state index is 13.7. The Bertz CT molecular complexity index is 1280. The monoisotopic (exact) mass is 489 g/mol. The predicted molar refractivity (Wildman–Crippen MR) is 138 cm³/mol. The van der Waals surface area contributed by atoms with Crippen molar-refractivity contribution in [2.24, 2.45) is 5.92 Å². The molecule has 1 aliphatic heterocycles. The number of amides is 1. The fourth-order valence-corrected chi connectivity index (χ4v) is 4.92. The number of likely N-dealkylation sites (tertiary alicyclic amines) is 1. The minimum absolute atomic E-state index is 0.0149. The molecule has 172 valence electrons. The summed E-state index contributed by atoms with van der Waals surface area (Å²) in [4.78, 5) is 15.6. The summed E-state index contributed by atoms with van der Waals surface area (Å²) < 4.78 is 1.70. The summed E-state index contributed by atoms with van der Waals surface area (Å²) in [5.41, 5.74) is 4.14. The van der Waals surface area contributed by atoms with Gasteiger partial charge in [-0.1, -0.05) is 71.7 Å². The molecule has 0 radical (unpaired) electrons. The third-order valence-corrected chi connectivity index (χ3v) is 7.00. The smallest absolute Gasteiger partial charge is 0.272 e. The van der Waals surface area contributed by atoms with Crippen LogP contribution in [-0.2, 0) is 6.42 Å². The molecule has 0 saturated carbocycles. The first-order chi connectivity index (χ1) is 16.6. The van der Waals surface area contributed by atoms with Gasteiger partial charge in [0.25, 0.3) is 5.91 Å². The van der Waals surface area contributed by atoms with Gasteiger partial charge in [-0.3, -0.25) is 4.79 Å². The van der Waals surface area contributed by atoms with Crippen LogP contribution in [0.25, 0.3) is 16.9 Å². The third-order valence-electron chi connectivity index (χ3n) is 6.42. The maximum atomic E-state index is 13.7. The largest absolute Gasteiger partial charge is 0.337 e. The molecule has 0 bridgehead atoms. The molecule has 1 aromatic heterocycles. The van der Waals surface area contributed by atoms with Gasteiger partial charge in [-0.05, 0) is 67.1 Å². The summed E-state index contributed by atoms with van der Waals surface area (Å²) in [6.45, 7) is 1.48. The van der Waals surface area contributed by atoms with E-state index < -0.39 is 0 Å². The maximum Gasteiger partial charge on any atom is 0.272 e. The van der Waals surface area contributed by atoms with Gasteiger partial charge in [0.15, 0.2) is 0 Å². The van der Waals surface area contributed by atoms with Gasteiger partial charge in [-0.25, -0.2) is 4.68 Å². The van der Waals surface area contributed by atoms with Crippen LogP contribution >= 0.6 is 23.2 Å². The van der Waals surface area contributed by atoms with Crippen LogP contribution < -0.4 is 0 Å². The number of hydrogen-bond acceptors (Lipinski definition) is 2. The molecular weight excluding hydrogens is 465 g/mol. The number of aromatic nitrogens is 2. The van der Waals surface area contributed by atoms with E-state index >= 15 is 0 Å². The highest BCUT2D eigenvalue weighted by Crippen LogP contribution is 2.30. The highest BCUT2D eigenvalue weighted by Gasteiger charge is 2.27. The zero-order valence-electron chi connectivity index (χ0n) is 18.7. The second-order valence-electron chi connectivity index (χ2n) is 8.71. The number of hydrogen-bond donors (Lipinski definition) is 0. The Balaban J connectivity index is 1.40. The predicted octanol–water partition coefficient (Wildman–Crippen LogP) is 6.94. The van der Waals surface area contributed by atoms with Crippen molar-refractivity contribution in [2.45, 2.75) is 19.3 Å². The van der Waals surface area contributed by atoms with Gasteiger partial charge in [0, 0.05) is 23.7 Å². The van der Waals surface area contributed by atoms with Crippen molar-refractivity contribution in [3.8, 4) is 16.9 Å². The van der Waals surface area contributed by atoms with Gasteiger partial charge in [0.05, 0.1) is 16.4 Å². The Morgan fingerprint density at radius 3 is 2.26 bits per heavy atom. The molecule has 3 aromatic carbocycles. The zero-order chi connectivity index (χ0) is 23.5. The minimum atomic E-state index is -0.0149. The molecule has 1 aliphatic rings. The lowest BCUT2D eigenvalue weighted by atomic mass is 9.90. The van der Waals surface area contributed by atoms with Crippen LogP contribution in [0.3, 0.4) is 0 Å². The summed E-state index contributed by atoms with van der Waals surface area (Å²) in [5.74, 6) is 0.574. The summed E-state index contributed by atoms with van der Waals surface area (Å²) in [6.07, 6.45) is 3.04. The van der Waals surface area contributed by atoms with Gasteiger partial charge >= 0.3 is 0 Å². The van der Waals surface area contributed by atoms with Gasteiger partial charge < -0.3 is 4.90 Å². The molecule has 1 amide bonds. The molecule has 0 unspecified atom stereocenters. The van der Waals surface area contributed by atoms with E-state index in [1.54, 1.807) is 16.8 Å².